The van der Waals surface area contributed by atoms with Crippen LogP contribution in [0, 0.1) is 5.92 Å². The Morgan fingerprint density at radius 3 is 2.63 bits per heavy atom. The van der Waals surface area contributed by atoms with Gasteiger partial charge in [-0.1, -0.05) is 48.9 Å². The average molecular weight is 688 g/mol. The lowest BCUT2D eigenvalue weighted by atomic mass is 10.0. The minimum absolute atomic E-state index is 0.101. The first-order chi connectivity index (χ1) is 23.6. The lowest BCUT2D eigenvalue weighted by Crippen LogP contribution is -2.57. The quantitative estimate of drug-likeness (QED) is 0.316. The highest BCUT2D eigenvalue weighted by atomic mass is 32.2. The number of allylic oxidation sites excluding steroid dienone is 1. The Labute approximate surface area is 285 Å². The maximum absolute atomic E-state index is 14.1. The number of aromatic nitrogens is 1. The van der Waals surface area contributed by atoms with Crippen molar-refractivity contribution in [2.75, 3.05) is 13.7 Å². The van der Waals surface area contributed by atoms with Gasteiger partial charge < -0.3 is 25.4 Å². The highest BCUT2D eigenvalue weighted by Crippen LogP contribution is 2.46. The van der Waals surface area contributed by atoms with Crippen LogP contribution in [-0.4, -0.2) is 78.7 Å². The molecule has 0 bridgehead atoms. The highest BCUT2D eigenvalue weighted by molar-refractivity contribution is 7.91. The monoisotopic (exact) mass is 687 g/mol. The van der Waals surface area contributed by atoms with Gasteiger partial charge in [0, 0.05) is 35.4 Å². The summed E-state index contributed by atoms with van der Waals surface area (Å²) in [5, 5.41) is 3.03. The molecule has 3 aromatic rings. The van der Waals surface area contributed by atoms with Gasteiger partial charge in [0.15, 0.2) is 0 Å². The Balaban J connectivity index is 1.19. The molecule has 12 nitrogen and oxygen atoms in total. The number of hydrogen-bond acceptors (Lipinski definition) is 9. The third-order valence-electron chi connectivity index (χ3n) is 9.98. The van der Waals surface area contributed by atoms with E-state index in [1.54, 1.807) is 7.11 Å². The summed E-state index contributed by atoms with van der Waals surface area (Å²) in [6.07, 6.45) is 7.33. The van der Waals surface area contributed by atoms with Gasteiger partial charge >= 0.3 is 0 Å². The zero-order valence-electron chi connectivity index (χ0n) is 27.3. The standard InChI is InChI=1S/C36H41N5O7S/c1-47-24-13-16-27-30(17-24)38-29(22-9-5-4-6-10-22)19-32(27)48-25-18-31-33(42)39-36(35(44)40-49(45,46)26-14-15-26)20-23(36)11-7-2-3-8-12-28(37)34(43)41(31)21-25/h4-7,9-11,13,16-17,19,23,25-26,28,31H,2-3,8,12,14-15,18,20-21,37H2,1H3,(H,39,42)(H,40,44)/b11-7+/t23?,25-,28+,31+,36-/m1/s1. The summed E-state index contributed by atoms with van der Waals surface area (Å²) in [4.78, 5) is 47.8. The number of carbonyl (C=O) groups is 3. The van der Waals surface area contributed by atoms with Gasteiger partial charge in [-0.15, -0.1) is 0 Å². The van der Waals surface area contributed by atoms with E-state index in [4.69, 9.17) is 20.2 Å². The van der Waals surface area contributed by atoms with Crippen LogP contribution >= 0.6 is 0 Å². The van der Waals surface area contributed by atoms with Crippen LogP contribution in [0.4, 0.5) is 0 Å². The zero-order chi connectivity index (χ0) is 34.3. The number of rotatable bonds is 7. The molecule has 1 aromatic heterocycles. The van der Waals surface area contributed by atoms with Crippen molar-refractivity contribution < 1.29 is 32.3 Å². The molecule has 2 aliphatic carbocycles. The molecule has 4 N–H and O–H groups in total. The number of nitrogens with one attached hydrogen (secondary N) is 2. The molecule has 3 heterocycles. The fourth-order valence-corrected chi connectivity index (χ4v) is 8.27. The molecule has 4 aliphatic rings. The summed E-state index contributed by atoms with van der Waals surface area (Å²) in [6, 6.07) is 15.3. The summed E-state index contributed by atoms with van der Waals surface area (Å²) in [5.74, 6) is -0.858. The maximum Gasteiger partial charge on any atom is 0.259 e. The number of benzene rings is 2. The summed E-state index contributed by atoms with van der Waals surface area (Å²) >= 11 is 0. The number of amides is 3. The van der Waals surface area contributed by atoms with Crippen LogP contribution in [0.3, 0.4) is 0 Å². The van der Waals surface area contributed by atoms with Crippen LogP contribution in [0.1, 0.15) is 51.4 Å². The molecule has 3 fully saturated rings. The van der Waals surface area contributed by atoms with Gasteiger partial charge in [-0.25, -0.2) is 13.4 Å². The number of sulfonamides is 1. The summed E-state index contributed by atoms with van der Waals surface area (Å²) in [7, 11) is -2.25. The zero-order valence-corrected chi connectivity index (χ0v) is 28.2. The molecule has 2 saturated carbocycles. The molecule has 3 amide bonds. The van der Waals surface area contributed by atoms with E-state index >= 15 is 0 Å². The Morgan fingerprint density at radius 2 is 1.88 bits per heavy atom. The number of hydrogen-bond donors (Lipinski definition) is 3. The molecule has 2 aliphatic heterocycles. The average Bonchev–Trinajstić information content (AvgIpc) is 4.02. The van der Waals surface area contributed by atoms with Crippen molar-refractivity contribution in [3.63, 3.8) is 0 Å². The van der Waals surface area contributed by atoms with Crippen molar-refractivity contribution in [2.24, 2.45) is 11.7 Å². The number of nitrogens with zero attached hydrogens (tertiary/aromatic N) is 2. The van der Waals surface area contributed by atoms with E-state index in [2.05, 4.69) is 10.0 Å². The summed E-state index contributed by atoms with van der Waals surface area (Å²) in [6.45, 7) is 0.101. The molecule has 13 heteroatoms. The second kappa shape index (κ2) is 13.1. The predicted octanol–water partition coefficient (Wildman–Crippen LogP) is 3.20. The van der Waals surface area contributed by atoms with E-state index in [1.165, 1.54) is 4.90 Å². The molecule has 1 unspecified atom stereocenters. The van der Waals surface area contributed by atoms with Gasteiger partial charge in [-0.3, -0.25) is 19.1 Å². The van der Waals surface area contributed by atoms with Crippen LogP contribution in [0.5, 0.6) is 11.5 Å². The van der Waals surface area contributed by atoms with E-state index in [-0.39, 0.29) is 31.2 Å². The third-order valence-corrected chi connectivity index (χ3v) is 11.8. The smallest absolute Gasteiger partial charge is 0.259 e. The van der Waals surface area contributed by atoms with Crippen molar-refractivity contribution in [3.05, 3.63) is 66.7 Å². The first kappa shape index (κ1) is 33.0. The molecule has 0 radical (unpaired) electrons. The van der Waals surface area contributed by atoms with Crippen molar-refractivity contribution >= 4 is 38.6 Å². The summed E-state index contributed by atoms with van der Waals surface area (Å²) in [5.41, 5.74) is 7.20. The fourth-order valence-electron chi connectivity index (χ4n) is 6.90. The van der Waals surface area contributed by atoms with E-state index in [1.807, 2.05) is 66.7 Å². The van der Waals surface area contributed by atoms with Crippen molar-refractivity contribution in [1.29, 1.82) is 0 Å². The molecule has 258 valence electrons. The van der Waals surface area contributed by atoms with Crippen molar-refractivity contribution in [1.82, 2.24) is 19.9 Å². The highest BCUT2D eigenvalue weighted by Gasteiger charge is 2.62. The molecule has 2 aromatic carbocycles. The molecule has 7 rings (SSSR count). The SMILES string of the molecule is COc1ccc2c(O[C@@H]3C[C@H]4C(=O)N[C@]5(C(=O)NS(=O)(=O)C6CC6)CC5/C=C/CCCC[C@H](N)C(=O)N4C3)cc(-c3ccccc3)nc2c1. The Bertz CT molecular complexity index is 1920. The number of carbonyl (C=O) groups excluding carboxylic acids is 3. The van der Waals surface area contributed by atoms with Crippen LogP contribution in [0.15, 0.2) is 66.7 Å². The molecule has 5 atom stereocenters. The normalized spacial score (nSPS) is 28.1. The second-order valence-corrected chi connectivity index (χ2v) is 15.5. The van der Waals surface area contributed by atoms with Gasteiger partial charge in [-0.2, -0.15) is 0 Å². The van der Waals surface area contributed by atoms with Crippen LogP contribution in [0.2, 0.25) is 0 Å². The van der Waals surface area contributed by atoms with E-state index < -0.39 is 50.8 Å². The first-order valence-electron chi connectivity index (χ1n) is 16.9. The molecule has 0 spiro atoms. The van der Waals surface area contributed by atoms with E-state index in [9.17, 15) is 22.8 Å². The third kappa shape index (κ3) is 6.73. The molecule has 1 saturated heterocycles. The van der Waals surface area contributed by atoms with E-state index in [0.29, 0.717) is 54.8 Å². The van der Waals surface area contributed by atoms with Gasteiger partial charge in [0.2, 0.25) is 21.8 Å². The number of nitrogens with two attached hydrogens (primary N) is 1. The Morgan fingerprint density at radius 1 is 1.08 bits per heavy atom. The largest absolute Gasteiger partial charge is 0.497 e. The van der Waals surface area contributed by atoms with Crippen molar-refractivity contribution in [3.8, 4) is 22.8 Å². The summed E-state index contributed by atoms with van der Waals surface area (Å²) < 4.78 is 39.7. The second-order valence-electron chi connectivity index (χ2n) is 13.5. The number of pyridine rings is 1. The van der Waals surface area contributed by atoms with E-state index in [0.717, 1.165) is 17.4 Å². The number of methoxy groups -OCH3 is 1. The molecular weight excluding hydrogens is 646 g/mol. The topological polar surface area (TPSA) is 170 Å². The number of ether oxygens (including phenoxy) is 2. The Kier molecular flexibility index (Phi) is 8.82. The van der Waals surface area contributed by atoms with Crippen LogP contribution < -0.4 is 25.2 Å². The lowest BCUT2D eigenvalue weighted by Gasteiger charge is -2.28. The number of fused-ring (bicyclic) bond motifs is 3. The van der Waals surface area contributed by atoms with Crippen LogP contribution in [0.25, 0.3) is 22.2 Å². The first-order valence-corrected chi connectivity index (χ1v) is 18.4. The molecule has 49 heavy (non-hydrogen) atoms. The van der Waals surface area contributed by atoms with Crippen LogP contribution in [-0.2, 0) is 24.4 Å². The van der Waals surface area contributed by atoms with Gasteiger partial charge in [0.05, 0.1) is 36.2 Å². The molecular formula is C36H41N5O7S. The minimum Gasteiger partial charge on any atom is -0.497 e. The maximum atomic E-state index is 14.1. The lowest BCUT2D eigenvalue weighted by molar-refractivity contribution is -0.140. The fraction of sp³-hybridized carbons (Fsp3) is 0.444. The van der Waals surface area contributed by atoms with Gasteiger partial charge in [-0.05, 0) is 50.7 Å². The van der Waals surface area contributed by atoms with Gasteiger partial charge in [0.25, 0.3) is 5.91 Å². The Hall–Kier alpha value is -4.49. The minimum atomic E-state index is -3.84. The van der Waals surface area contributed by atoms with Crippen molar-refractivity contribution in [2.45, 2.75) is 80.3 Å². The van der Waals surface area contributed by atoms with Gasteiger partial charge in [0.1, 0.15) is 29.2 Å². The predicted molar refractivity (Wildman–Crippen MR) is 183 cm³/mol.